The van der Waals surface area contributed by atoms with E-state index in [-0.39, 0.29) is 11.3 Å². The van der Waals surface area contributed by atoms with Gasteiger partial charge in [-0.3, -0.25) is 4.79 Å². The van der Waals surface area contributed by atoms with Gasteiger partial charge in [0.05, 0.1) is 11.1 Å². The monoisotopic (exact) mass is 259 g/mol. The van der Waals surface area contributed by atoms with Gasteiger partial charge >= 0.3 is 0 Å². The first kappa shape index (κ1) is 13.7. The van der Waals surface area contributed by atoms with Crippen molar-refractivity contribution in [3.05, 3.63) is 39.7 Å². The molecule has 102 valence electrons. The summed E-state index contributed by atoms with van der Waals surface area (Å²) >= 11 is 0. The number of hydrogen-bond donors (Lipinski definition) is 1. The van der Waals surface area contributed by atoms with Gasteiger partial charge in [0.25, 0.3) is 5.56 Å². The van der Waals surface area contributed by atoms with Gasteiger partial charge in [-0.15, -0.1) is 0 Å². The van der Waals surface area contributed by atoms with Gasteiger partial charge in [0.1, 0.15) is 5.75 Å². The van der Waals surface area contributed by atoms with E-state index >= 15 is 0 Å². The standard InChI is InChI=1S/C16H21NO2/c1-4-6-7-13-15(18)12-9-8-11(3)10-14(12)17(5-2)16(13)19/h8-10,18H,4-7H2,1-3H3. The van der Waals surface area contributed by atoms with E-state index in [4.69, 9.17) is 0 Å². The lowest BCUT2D eigenvalue weighted by Gasteiger charge is -2.14. The lowest BCUT2D eigenvalue weighted by Crippen LogP contribution is -2.23. The Bertz CT molecular complexity index is 656. The lowest BCUT2D eigenvalue weighted by atomic mass is 10.0. The topological polar surface area (TPSA) is 42.2 Å². The zero-order valence-corrected chi connectivity index (χ0v) is 11.9. The molecule has 0 radical (unpaired) electrons. The molecule has 0 atom stereocenters. The average molecular weight is 259 g/mol. The largest absolute Gasteiger partial charge is 0.507 e. The molecule has 3 heteroatoms. The molecule has 0 amide bonds. The van der Waals surface area contributed by atoms with Gasteiger partial charge < -0.3 is 9.67 Å². The number of nitrogens with zero attached hydrogens (tertiary/aromatic N) is 1. The van der Waals surface area contributed by atoms with Crippen molar-refractivity contribution >= 4 is 10.9 Å². The molecule has 2 rings (SSSR count). The molecule has 0 unspecified atom stereocenters. The van der Waals surface area contributed by atoms with E-state index in [1.54, 1.807) is 4.57 Å². The van der Waals surface area contributed by atoms with Crippen LogP contribution in [0.1, 0.15) is 37.8 Å². The summed E-state index contributed by atoms with van der Waals surface area (Å²) in [5.41, 5.74) is 2.42. The molecule has 19 heavy (non-hydrogen) atoms. The Kier molecular flexibility index (Phi) is 3.93. The van der Waals surface area contributed by atoms with E-state index in [0.29, 0.717) is 18.5 Å². The Morgan fingerprint density at radius 2 is 2.00 bits per heavy atom. The van der Waals surface area contributed by atoms with Crippen LogP contribution in [0.3, 0.4) is 0 Å². The SMILES string of the molecule is CCCCc1c(O)c2ccc(C)cc2n(CC)c1=O. The maximum Gasteiger partial charge on any atom is 0.257 e. The molecular formula is C16H21NO2. The van der Waals surface area contributed by atoms with E-state index in [2.05, 4.69) is 6.92 Å². The van der Waals surface area contributed by atoms with Crippen molar-refractivity contribution in [3.8, 4) is 5.75 Å². The summed E-state index contributed by atoms with van der Waals surface area (Å²) in [7, 11) is 0. The van der Waals surface area contributed by atoms with Crippen LogP contribution in [0, 0.1) is 6.92 Å². The van der Waals surface area contributed by atoms with Crippen molar-refractivity contribution in [2.24, 2.45) is 0 Å². The zero-order valence-electron chi connectivity index (χ0n) is 11.9. The first-order chi connectivity index (χ1) is 9.10. The molecule has 0 spiro atoms. The van der Waals surface area contributed by atoms with Gasteiger partial charge in [-0.25, -0.2) is 0 Å². The highest BCUT2D eigenvalue weighted by Crippen LogP contribution is 2.28. The highest BCUT2D eigenvalue weighted by atomic mass is 16.3. The first-order valence-corrected chi connectivity index (χ1v) is 6.95. The van der Waals surface area contributed by atoms with E-state index in [0.717, 1.165) is 29.3 Å². The highest BCUT2D eigenvalue weighted by Gasteiger charge is 2.15. The molecular weight excluding hydrogens is 238 g/mol. The van der Waals surface area contributed by atoms with Crippen molar-refractivity contribution in [2.75, 3.05) is 0 Å². The molecule has 0 bridgehead atoms. The van der Waals surface area contributed by atoms with Crippen molar-refractivity contribution in [1.29, 1.82) is 0 Å². The Hall–Kier alpha value is -1.77. The van der Waals surface area contributed by atoms with E-state index < -0.39 is 0 Å². The average Bonchev–Trinajstić information content (AvgIpc) is 2.39. The molecule has 1 N–H and O–H groups in total. The molecule has 0 saturated carbocycles. The van der Waals surface area contributed by atoms with Crippen LogP contribution in [0.5, 0.6) is 5.75 Å². The molecule has 0 aliphatic carbocycles. The Morgan fingerprint density at radius 1 is 1.26 bits per heavy atom. The smallest absolute Gasteiger partial charge is 0.257 e. The quantitative estimate of drug-likeness (QED) is 0.914. The molecule has 3 nitrogen and oxygen atoms in total. The third-order valence-electron chi connectivity index (χ3n) is 3.58. The van der Waals surface area contributed by atoms with Crippen LogP contribution in [0.2, 0.25) is 0 Å². The maximum atomic E-state index is 12.5. The van der Waals surface area contributed by atoms with Crippen LogP contribution in [-0.4, -0.2) is 9.67 Å². The first-order valence-electron chi connectivity index (χ1n) is 6.95. The van der Waals surface area contributed by atoms with Crippen molar-refractivity contribution in [3.63, 3.8) is 0 Å². The second-order valence-electron chi connectivity index (χ2n) is 5.00. The van der Waals surface area contributed by atoms with Gasteiger partial charge in [-0.2, -0.15) is 0 Å². The van der Waals surface area contributed by atoms with Gasteiger partial charge in [0.15, 0.2) is 0 Å². The van der Waals surface area contributed by atoms with E-state index in [1.807, 2.05) is 32.0 Å². The minimum absolute atomic E-state index is 0.0495. The Balaban J connectivity index is 2.78. The minimum atomic E-state index is -0.0495. The number of rotatable bonds is 4. The van der Waals surface area contributed by atoms with Gasteiger partial charge in [0, 0.05) is 11.9 Å². The molecule has 1 aromatic heterocycles. The van der Waals surface area contributed by atoms with Gasteiger partial charge in [-0.1, -0.05) is 19.4 Å². The van der Waals surface area contributed by atoms with Gasteiger partial charge in [0.2, 0.25) is 0 Å². The van der Waals surface area contributed by atoms with Crippen LogP contribution in [0.15, 0.2) is 23.0 Å². The van der Waals surface area contributed by atoms with Crippen LogP contribution >= 0.6 is 0 Å². The summed E-state index contributed by atoms with van der Waals surface area (Å²) in [6.45, 7) is 6.66. The molecule has 0 aliphatic rings. The maximum absolute atomic E-state index is 12.5. The van der Waals surface area contributed by atoms with Crippen LogP contribution < -0.4 is 5.56 Å². The third-order valence-corrected chi connectivity index (χ3v) is 3.58. The second-order valence-corrected chi connectivity index (χ2v) is 5.00. The normalized spacial score (nSPS) is 11.1. The number of aromatic nitrogens is 1. The van der Waals surface area contributed by atoms with Gasteiger partial charge in [-0.05, 0) is 44.4 Å². The minimum Gasteiger partial charge on any atom is -0.507 e. The van der Waals surface area contributed by atoms with E-state index in [1.165, 1.54) is 0 Å². The summed E-state index contributed by atoms with van der Waals surface area (Å²) < 4.78 is 1.76. The molecule has 1 heterocycles. The number of pyridine rings is 1. The predicted octanol–water partition coefficient (Wildman–Crippen LogP) is 3.38. The zero-order chi connectivity index (χ0) is 14.0. The molecule has 2 aromatic rings. The fraction of sp³-hybridized carbons (Fsp3) is 0.438. The number of benzene rings is 1. The van der Waals surface area contributed by atoms with Crippen LogP contribution in [-0.2, 0) is 13.0 Å². The van der Waals surface area contributed by atoms with Crippen LogP contribution in [0.25, 0.3) is 10.9 Å². The Labute approximate surface area is 113 Å². The molecule has 0 saturated heterocycles. The Morgan fingerprint density at radius 3 is 2.63 bits per heavy atom. The highest BCUT2D eigenvalue weighted by molar-refractivity contribution is 5.86. The predicted molar refractivity (Wildman–Crippen MR) is 78.9 cm³/mol. The van der Waals surface area contributed by atoms with E-state index in [9.17, 15) is 9.90 Å². The number of hydrogen-bond acceptors (Lipinski definition) is 2. The third kappa shape index (κ3) is 2.37. The number of unbranched alkanes of at least 4 members (excludes halogenated alkanes) is 1. The summed E-state index contributed by atoms with van der Waals surface area (Å²) in [4.78, 5) is 12.5. The molecule has 0 fully saturated rings. The summed E-state index contributed by atoms with van der Waals surface area (Å²) in [5, 5.41) is 11.1. The summed E-state index contributed by atoms with van der Waals surface area (Å²) in [6, 6.07) is 5.83. The summed E-state index contributed by atoms with van der Waals surface area (Å²) in [6.07, 6.45) is 2.58. The van der Waals surface area contributed by atoms with Crippen molar-refractivity contribution in [2.45, 2.75) is 46.6 Å². The number of aryl methyl sites for hydroxylation is 2. The van der Waals surface area contributed by atoms with Crippen molar-refractivity contribution < 1.29 is 5.11 Å². The second kappa shape index (κ2) is 5.47. The number of aromatic hydroxyl groups is 1. The lowest BCUT2D eigenvalue weighted by molar-refractivity contribution is 0.469. The summed E-state index contributed by atoms with van der Waals surface area (Å²) in [5.74, 6) is 0.165. The fourth-order valence-electron chi connectivity index (χ4n) is 2.49. The fourth-order valence-corrected chi connectivity index (χ4v) is 2.49. The number of fused-ring (bicyclic) bond motifs is 1. The molecule has 0 aliphatic heterocycles. The van der Waals surface area contributed by atoms with Crippen molar-refractivity contribution in [1.82, 2.24) is 4.57 Å². The molecule has 1 aromatic carbocycles. The van der Waals surface area contributed by atoms with Crippen LogP contribution in [0.4, 0.5) is 0 Å².